The summed E-state index contributed by atoms with van der Waals surface area (Å²) >= 11 is 0. The Morgan fingerprint density at radius 1 is 1.07 bits per heavy atom. The van der Waals surface area contributed by atoms with Gasteiger partial charge in [-0.15, -0.1) is 0 Å². The van der Waals surface area contributed by atoms with Crippen molar-refractivity contribution in [2.24, 2.45) is 11.8 Å². The minimum Gasteiger partial charge on any atom is -0.497 e. The molecule has 0 radical (unpaired) electrons. The summed E-state index contributed by atoms with van der Waals surface area (Å²) in [5, 5.41) is 6.70. The van der Waals surface area contributed by atoms with Crippen molar-refractivity contribution in [3.05, 3.63) is 41.6 Å². The summed E-state index contributed by atoms with van der Waals surface area (Å²) < 4.78 is 45.7. The molecule has 4 fully saturated rings. The number of hydrogen-bond acceptors (Lipinski definition) is 10. The van der Waals surface area contributed by atoms with E-state index in [4.69, 9.17) is 19.2 Å². The maximum Gasteiger partial charge on any atom is 0.407 e. The number of nitrogens with one attached hydrogen (secondary N) is 3. The van der Waals surface area contributed by atoms with Crippen molar-refractivity contribution in [3.8, 4) is 11.5 Å². The predicted octanol–water partition coefficient (Wildman–Crippen LogP) is 4.51. The fourth-order valence-corrected chi connectivity index (χ4v) is 10.1. The lowest BCUT2D eigenvalue weighted by Gasteiger charge is -2.36. The van der Waals surface area contributed by atoms with Gasteiger partial charge in [-0.25, -0.2) is 18.2 Å². The maximum absolute atomic E-state index is 14.8. The molecule has 0 bridgehead atoms. The smallest absolute Gasteiger partial charge is 0.407 e. The van der Waals surface area contributed by atoms with Crippen LogP contribution in [0.4, 0.5) is 4.79 Å². The molecule has 3 N–H and O–H groups in total. The van der Waals surface area contributed by atoms with Crippen LogP contribution in [0.25, 0.3) is 10.9 Å². The molecule has 3 aliphatic heterocycles. The van der Waals surface area contributed by atoms with E-state index in [2.05, 4.69) is 15.4 Å². The number of pyridine rings is 1. The Morgan fingerprint density at radius 2 is 1.88 bits per heavy atom. The zero-order valence-corrected chi connectivity index (χ0v) is 33.3. The van der Waals surface area contributed by atoms with Crippen molar-refractivity contribution < 1.29 is 41.8 Å². The Bertz CT molecular complexity index is 2080. The summed E-state index contributed by atoms with van der Waals surface area (Å²) in [5.74, 6) is -0.592. The quantitative estimate of drug-likeness (QED) is 0.338. The second-order valence-electron chi connectivity index (χ2n) is 17.2. The number of ether oxygens (including phenoxy) is 3. The van der Waals surface area contributed by atoms with E-state index in [1.54, 1.807) is 14.0 Å². The molecule has 15 heteroatoms. The molecule has 56 heavy (non-hydrogen) atoms. The summed E-state index contributed by atoms with van der Waals surface area (Å²) in [6.07, 6.45) is 11.9. The average molecular weight is 792 g/mol. The van der Waals surface area contributed by atoms with E-state index >= 15 is 0 Å². The molecule has 4 heterocycles. The summed E-state index contributed by atoms with van der Waals surface area (Å²) in [7, 11) is -2.37. The number of rotatable bonds is 7. The number of nitrogens with zero attached hydrogens (tertiary/aromatic N) is 2. The number of alkyl carbamates (subject to hydrolysis) is 1. The molecule has 1 saturated heterocycles. The number of carbonyl (C=O) groups is 4. The third-order valence-corrected chi connectivity index (χ3v) is 15.3. The van der Waals surface area contributed by atoms with Gasteiger partial charge >= 0.3 is 6.09 Å². The van der Waals surface area contributed by atoms with Crippen molar-refractivity contribution in [3.63, 3.8) is 0 Å². The van der Waals surface area contributed by atoms with Crippen LogP contribution in [0.3, 0.4) is 0 Å². The highest BCUT2D eigenvalue weighted by Gasteiger charge is 2.64. The highest BCUT2D eigenvalue weighted by Crippen LogP contribution is 2.49. The number of fused-ring (bicyclic) bond motifs is 5. The molecule has 2 aromatic rings. The van der Waals surface area contributed by atoms with Crippen molar-refractivity contribution in [1.29, 1.82) is 0 Å². The van der Waals surface area contributed by atoms with Crippen molar-refractivity contribution in [2.45, 2.75) is 132 Å². The summed E-state index contributed by atoms with van der Waals surface area (Å²) in [6.45, 7) is 3.83. The van der Waals surface area contributed by atoms with E-state index in [1.165, 1.54) is 4.90 Å². The van der Waals surface area contributed by atoms with E-state index < -0.39 is 67.7 Å². The fourth-order valence-electron chi connectivity index (χ4n) is 8.83. The van der Waals surface area contributed by atoms with Gasteiger partial charge in [-0.3, -0.25) is 19.1 Å². The minimum atomic E-state index is -3.98. The molecule has 14 nitrogen and oxygen atoms in total. The second kappa shape index (κ2) is 14.5. The average Bonchev–Trinajstić information content (AvgIpc) is 4.04. The highest BCUT2D eigenvalue weighted by atomic mass is 32.2. The van der Waals surface area contributed by atoms with Crippen LogP contribution >= 0.6 is 0 Å². The van der Waals surface area contributed by atoms with Crippen LogP contribution in [0.15, 0.2) is 30.4 Å². The SMILES string of the molecule is COc1ccc2nc(C)c3c(c2c1)CCC1(CC2C(=O)NC4(C(=O)NS(=O)(=O)C5(C)CC5)CC4C=CCCCCCC(NC(=O)OCC4CCC4)C(=O)N2C1)O3. The van der Waals surface area contributed by atoms with E-state index in [1.807, 2.05) is 37.3 Å². The van der Waals surface area contributed by atoms with Crippen LogP contribution in [0, 0.1) is 18.8 Å². The molecule has 1 aromatic carbocycles. The number of methoxy groups -OCH3 is 1. The van der Waals surface area contributed by atoms with Gasteiger partial charge in [0.25, 0.3) is 5.91 Å². The van der Waals surface area contributed by atoms with Gasteiger partial charge in [0.2, 0.25) is 21.8 Å². The van der Waals surface area contributed by atoms with Gasteiger partial charge in [0.15, 0.2) is 0 Å². The van der Waals surface area contributed by atoms with Crippen molar-refractivity contribution in [1.82, 2.24) is 25.2 Å². The number of aryl methyl sites for hydroxylation is 2. The van der Waals surface area contributed by atoms with Gasteiger partial charge in [0, 0.05) is 23.3 Å². The van der Waals surface area contributed by atoms with Gasteiger partial charge in [-0.2, -0.15) is 0 Å². The van der Waals surface area contributed by atoms with Gasteiger partial charge in [0.05, 0.1) is 36.2 Å². The third kappa shape index (κ3) is 7.20. The van der Waals surface area contributed by atoms with Crippen LogP contribution in [0.2, 0.25) is 0 Å². The number of hydrogen-bond donors (Lipinski definition) is 3. The molecule has 3 aliphatic carbocycles. The Hall–Kier alpha value is -4.40. The monoisotopic (exact) mass is 791 g/mol. The number of amides is 4. The van der Waals surface area contributed by atoms with Gasteiger partial charge in [-0.05, 0) is 102 Å². The van der Waals surface area contributed by atoms with Crippen LogP contribution in [0.5, 0.6) is 11.5 Å². The standard InChI is InChI=1S/C41H53N5O9S/c1-25-34-29(30-20-28(53-3)14-15-31(30)42-25)16-17-40(55-34)22-33-35(47)44-41(37(49)45-56(51,52)39(2)18-19-39)21-27(41)12-7-5-4-6-8-13-32(36(48)46(33)24-40)43-38(50)54-23-26-10-9-11-26/h7,12,14-15,20,26-27,32-33H,4-6,8-11,13,16-19,21-24H2,1-3H3,(H,43,50)(H,44,47)(H,45,49). The summed E-state index contributed by atoms with van der Waals surface area (Å²) in [4.78, 5) is 62.8. The Balaban J connectivity index is 1.12. The van der Waals surface area contributed by atoms with Crippen LogP contribution in [-0.4, -0.2) is 90.3 Å². The lowest BCUT2D eigenvalue weighted by Crippen LogP contribution is -2.58. The lowest BCUT2D eigenvalue weighted by atomic mass is 9.86. The number of benzene rings is 1. The van der Waals surface area contributed by atoms with Gasteiger partial charge < -0.3 is 29.7 Å². The largest absolute Gasteiger partial charge is 0.497 e. The van der Waals surface area contributed by atoms with E-state index in [9.17, 15) is 27.6 Å². The molecule has 3 saturated carbocycles. The lowest BCUT2D eigenvalue weighted by molar-refractivity contribution is -0.141. The number of allylic oxidation sites excluding steroid dienone is 1. The van der Waals surface area contributed by atoms with Gasteiger partial charge in [-0.1, -0.05) is 31.4 Å². The van der Waals surface area contributed by atoms with Crippen LogP contribution in [0.1, 0.15) is 102 Å². The Kier molecular flexibility index (Phi) is 9.97. The normalized spacial score (nSPS) is 30.0. The third-order valence-electron chi connectivity index (χ3n) is 13.1. The molecular weight excluding hydrogens is 739 g/mol. The van der Waals surface area contributed by atoms with E-state index in [0.29, 0.717) is 68.1 Å². The van der Waals surface area contributed by atoms with E-state index in [-0.39, 0.29) is 26.0 Å². The molecule has 1 aromatic heterocycles. The molecule has 8 rings (SSSR count). The van der Waals surface area contributed by atoms with Crippen LogP contribution < -0.4 is 24.8 Å². The Morgan fingerprint density at radius 3 is 2.61 bits per heavy atom. The van der Waals surface area contributed by atoms with Gasteiger partial charge in [0.1, 0.15) is 34.7 Å². The van der Waals surface area contributed by atoms with Crippen molar-refractivity contribution >= 4 is 44.7 Å². The minimum absolute atomic E-state index is 0.0590. The first-order valence-electron chi connectivity index (χ1n) is 20.2. The van der Waals surface area contributed by atoms with Crippen molar-refractivity contribution in [2.75, 3.05) is 20.3 Å². The summed E-state index contributed by atoms with van der Waals surface area (Å²) in [6, 6.07) is 3.67. The zero-order chi connectivity index (χ0) is 39.5. The Labute approximate surface area is 327 Å². The molecule has 5 atom stereocenters. The number of carbonyl (C=O) groups excluding carboxylic acids is 4. The molecule has 1 spiro atoms. The topological polar surface area (TPSA) is 182 Å². The predicted molar refractivity (Wildman–Crippen MR) is 206 cm³/mol. The zero-order valence-electron chi connectivity index (χ0n) is 32.5. The first kappa shape index (κ1) is 38.5. The van der Waals surface area contributed by atoms with Crippen LogP contribution in [-0.2, 0) is 35.6 Å². The first-order valence-corrected chi connectivity index (χ1v) is 21.7. The molecular formula is C41H53N5O9S. The molecule has 6 aliphatic rings. The molecule has 4 amide bonds. The number of aromatic nitrogens is 1. The second-order valence-corrected chi connectivity index (χ2v) is 19.4. The molecule has 5 unspecified atom stereocenters. The van der Waals surface area contributed by atoms with E-state index in [0.717, 1.165) is 48.6 Å². The first-order chi connectivity index (χ1) is 26.8. The maximum atomic E-state index is 14.8. The summed E-state index contributed by atoms with van der Waals surface area (Å²) in [5.41, 5.74) is -0.0214. The number of sulfonamides is 1. The highest BCUT2D eigenvalue weighted by molar-refractivity contribution is 7.91. The molecule has 302 valence electrons. The fraction of sp³-hybridized carbons (Fsp3) is 0.634.